The number of hydrogen-bond donors (Lipinski definition) is 1. The molecular formula is C19H14F4I4O8S. The van der Waals surface area contributed by atoms with Crippen LogP contribution in [0.3, 0.4) is 0 Å². The topological polar surface area (TPSA) is 116 Å². The molecular weight excluding hydrogens is 972 g/mol. The van der Waals surface area contributed by atoms with Crippen molar-refractivity contribution in [2.75, 3.05) is 6.61 Å². The van der Waals surface area contributed by atoms with E-state index in [1.54, 1.807) is 0 Å². The van der Waals surface area contributed by atoms with Crippen molar-refractivity contribution in [1.29, 1.82) is 0 Å². The minimum absolute atomic E-state index is 0.162. The molecule has 1 N–H and O–H groups in total. The molecule has 1 aromatic rings. The van der Waals surface area contributed by atoms with E-state index >= 15 is 0 Å². The molecule has 2 fully saturated rings. The van der Waals surface area contributed by atoms with Crippen LogP contribution >= 0.6 is 90.4 Å². The van der Waals surface area contributed by atoms with E-state index in [0.717, 1.165) is 10.7 Å². The van der Waals surface area contributed by atoms with Crippen molar-refractivity contribution < 1.29 is 54.3 Å². The maximum atomic E-state index is 13.6. The molecule has 4 atom stereocenters. The van der Waals surface area contributed by atoms with Gasteiger partial charge >= 0.3 is 33.2 Å². The number of alkyl halides is 4. The molecule has 1 spiro atoms. The maximum absolute atomic E-state index is 13.6. The summed E-state index contributed by atoms with van der Waals surface area (Å²) in [7, 11) is -6.37. The Morgan fingerprint density at radius 2 is 1.67 bits per heavy atom. The molecule has 0 amide bonds. The largest absolute Gasteiger partial charge is 0.465 e. The van der Waals surface area contributed by atoms with E-state index in [1.165, 1.54) is 0 Å². The summed E-state index contributed by atoms with van der Waals surface area (Å²) in [5.41, 5.74) is 0.330. The van der Waals surface area contributed by atoms with Crippen LogP contribution in [0.25, 0.3) is 0 Å². The Bertz CT molecular complexity index is 1260. The summed E-state index contributed by atoms with van der Waals surface area (Å²) < 4.78 is 104. The number of hydrogen-bond acceptors (Lipinski definition) is 7. The van der Waals surface area contributed by atoms with Crippen molar-refractivity contribution in [2.24, 2.45) is 17.8 Å². The molecule has 1 heterocycles. The summed E-state index contributed by atoms with van der Waals surface area (Å²) >= 11 is 8.45. The fourth-order valence-corrected chi connectivity index (χ4v) is 8.74. The number of ether oxygens (including phenoxy) is 3. The first-order valence-corrected chi connectivity index (χ1v) is 15.9. The second-order valence-corrected chi connectivity index (χ2v) is 14.4. The van der Waals surface area contributed by atoms with Gasteiger partial charge in [-0.2, -0.15) is 26.0 Å². The van der Waals surface area contributed by atoms with Gasteiger partial charge in [-0.15, -0.1) is 0 Å². The van der Waals surface area contributed by atoms with E-state index in [0.29, 0.717) is 21.3 Å². The van der Waals surface area contributed by atoms with Crippen LogP contribution in [0.1, 0.15) is 36.0 Å². The number of esters is 2. The summed E-state index contributed by atoms with van der Waals surface area (Å²) in [4.78, 5) is 25.5. The van der Waals surface area contributed by atoms with Gasteiger partial charge in [0.15, 0.2) is 5.75 Å². The predicted molar refractivity (Wildman–Crippen MR) is 147 cm³/mol. The highest BCUT2D eigenvalue weighted by atomic mass is 127. The third kappa shape index (κ3) is 4.73. The fourth-order valence-electron chi connectivity index (χ4n) is 4.79. The van der Waals surface area contributed by atoms with Crippen LogP contribution in [0.15, 0.2) is 0 Å². The molecule has 2 bridgehead atoms. The van der Waals surface area contributed by atoms with Crippen molar-refractivity contribution in [1.82, 2.24) is 0 Å². The number of halogens is 8. The Balaban J connectivity index is 1.43. The van der Waals surface area contributed by atoms with E-state index in [-0.39, 0.29) is 24.7 Å². The van der Waals surface area contributed by atoms with E-state index in [2.05, 4.69) is 90.4 Å². The summed E-state index contributed by atoms with van der Waals surface area (Å²) in [5, 5.41) is -5.73. The van der Waals surface area contributed by atoms with Crippen LogP contribution in [0.4, 0.5) is 17.6 Å². The second kappa shape index (κ2) is 9.85. The third-order valence-corrected chi connectivity index (χ3v) is 14.9. The third-order valence-electron chi connectivity index (χ3n) is 6.54. The number of carbonyl (C=O) groups excluding carboxylic acids is 2. The first kappa shape index (κ1) is 29.5. The highest BCUT2D eigenvalue weighted by molar-refractivity contribution is 14.1. The molecule has 2 aliphatic carbocycles. The molecule has 200 valence electrons. The van der Waals surface area contributed by atoms with Crippen molar-refractivity contribution in [3.05, 3.63) is 19.8 Å². The molecule has 1 aromatic carbocycles. The van der Waals surface area contributed by atoms with Gasteiger partial charge in [0.05, 0.1) is 22.5 Å². The normalized spacial score (nSPS) is 27.6. The quantitative estimate of drug-likeness (QED) is 0.100. The average molecular weight is 986 g/mol. The molecule has 3 aliphatic rings. The molecule has 0 saturated heterocycles. The Hall–Kier alpha value is 0.510. The zero-order chi connectivity index (χ0) is 27.0. The SMILES string of the molecule is O=C1OC2(CC3CC2CC3C(=O)OCCC(F)(F)C(F)(F)S(=O)(=O)O)Oc2c(I)c(I)c(I)c(I)c21. The second-order valence-electron chi connectivity index (χ2n) is 8.62. The van der Waals surface area contributed by atoms with Gasteiger partial charge in [0.25, 0.3) is 5.79 Å². The highest BCUT2D eigenvalue weighted by Crippen LogP contribution is 2.59. The Labute approximate surface area is 256 Å². The summed E-state index contributed by atoms with van der Waals surface area (Å²) in [6.45, 7) is -1.18. The zero-order valence-corrected chi connectivity index (χ0v) is 27.0. The minimum atomic E-state index is -6.37. The van der Waals surface area contributed by atoms with E-state index in [1.807, 2.05) is 0 Å². The summed E-state index contributed by atoms with van der Waals surface area (Å²) in [6.07, 6.45) is -1.04. The lowest BCUT2D eigenvalue weighted by molar-refractivity contribution is -0.195. The lowest BCUT2D eigenvalue weighted by Crippen LogP contribution is -2.51. The van der Waals surface area contributed by atoms with Crippen LogP contribution in [-0.4, -0.2) is 48.5 Å². The van der Waals surface area contributed by atoms with Crippen LogP contribution in [0, 0.1) is 32.0 Å². The van der Waals surface area contributed by atoms with Gasteiger partial charge in [-0.1, -0.05) is 0 Å². The van der Waals surface area contributed by atoms with Crippen LogP contribution in [0.5, 0.6) is 5.75 Å². The molecule has 8 nitrogen and oxygen atoms in total. The first-order valence-electron chi connectivity index (χ1n) is 10.1. The lowest BCUT2D eigenvalue weighted by Gasteiger charge is -2.42. The lowest BCUT2D eigenvalue weighted by atomic mass is 9.84. The van der Waals surface area contributed by atoms with Crippen LogP contribution in [0.2, 0.25) is 0 Å². The molecule has 0 radical (unpaired) electrons. The molecule has 0 aromatic heterocycles. The molecule has 4 unspecified atom stereocenters. The average Bonchev–Trinajstić information content (AvgIpc) is 3.32. The minimum Gasteiger partial charge on any atom is -0.465 e. The monoisotopic (exact) mass is 986 g/mol. The summed E-state index contributed by atoms with van der Waals surface area (Å²) in [5.74, 6) is -8.97. The smallest absolute Gasteiger partial charge is 0.431 e. The van der Waals surface area contributed by atoms with Gasteiger partial charge in [-0.05, 0) is 109 Å². The molecule has 4 rings (SSSR count). The van der Waals surface area contributed by atoms with E-state index < -0.39 is 58.0 Å². The van der Waals surface area contributed by atoms with Gasteiger partial charge in [0.1, 0.15) is 5.56 Å². The molecule has 1 aliphatic heterocycles. The number of rotatable bonds is 6. The van der Waals surface area contributed by atoms with Gasteiger partial charge in [-0.3, -0.25) is 9.35 Å². The van der Waals surface area contributed by atoms with Gasteiger partial charge in [0.2, 0.25) is 0 Å². The Morgan fingerprint density at radius 3 is 2.22 bits per heavy atom. The summed E-state index contributed by atoms with van der Waals surface area (Å²) in [6, 6.07) is 0. The van der Waals surface area contributed by atoms with Crippen LogP contribution < -0.4 is 4.74 Å². The Morgan fingerprint density at radius 1 is 1.06 bits per heavy atom. The fraction of sp³-hybridized carbons (Fsp3) is 0.579. The standard InChI is InChI=1S/C19H14F4I4O8S/c20-18(21,19(22,23)36(30,31)32)1-2-33-15(28)8-4-7-3-6(8)5-17(7)34-14-9(16(29)35-17)10(24)11(25)12(26)13(14)27/h6-8H,1-5H2,(H,30,31,32). The van der Waals surface area contributed by atoms with Crippen LogP contribution in [-0.2, 0) is 24.4 Å². The first-order chi connectivity index (χ1) is 16.4. The molecule has 17 heteroatoms. The van der Waals surface area contributed by atoms with Crippen molar-refractivity contribution in [3.63, 3.8) is 0 Å². The van der Waals surface area contributed by atoms with Gasteiger partial charge in [0, 0.05) is 23.0 Å². The number of carbonyl (C=O) groups is 2. The van der Waals surface area contributed by atoms with Gasteiger partial charge in [-0.25, -0.2) is 4.79 Å². The molecule has 36 heavy (non-hydrogen) atoms. The highest BCUT2D eigenvalue weighted by Gasteiger charge is 2.66. The predicted octanol–water partition coefficient (Wildman–Crippen LogP) is 5.45. The number of fused-ring (bicyclic) bond motifs is 4. The van der Waals surface area contributed by atoms with E-state index in [4.69, 9.17) is 18.8 Å². The van der Waals surface area contributed by atoms with Gasteiger partial charge < -0.3 is 14.2 Å². The van der Waals surface area contributed by atoms with E-state index in [9.17, 15) is 35.6 Å². The zero-order valence-electron chi connectivity index (χ0n) is 17.5. The Kier molecular flexibility index (Phi) is 8.07. The van der Waals surface area contributed by atoms with Crippen molar-refractivity contribution >= 4 is 112 Å². The van der Waals surface area contributed by atoms with Crippen molar-refractivity contribution in [3.8, 4) is 5.75 Å². The van der Waals surface area contributed by atoms with Crippen molar-refractivity contribution in [2.45, 2.75) is 42.6 Å². The maximum Gasteiger partial charge on any atom is 0.431 e. The number of benzene rings is 1. The molecule has 2 saturated carbocycles.